The molecule has 1 aliphatic rings. The minimum Gasteiger partial charge on any atom is -0.316 e. The quantitative estimate of drug-likeness (QED) is 0.857. The Labute approximate surface area is 101 Å². The van der Waals surface area contributed by atoms with Gasteiger partial charge in [-0.2, -0.15) is 0 Å². The first-order valence-electron chi connectivity index (χ1n) is 5.30. The summed E-state index contributed by atoms with van der Waals surface area (Å²) in [4.78, 5) is 0. The van der Waals surface area contributed by atoms with Crippen molar-refractivity contribution in [2.75, 3.05) is 13.1 Å². The third-order valence-corrected chi connectivity index (χ3v) is 4.05. The van der Waals surface area contributed by atoms with E-state index in [1.165, 1.54) is 12.0 Å². The van der Waals surface area contributed by atoms with E-state index in [-0.39, 0.29) is 0 Å². The maximum atomic E-state index is 6.00. The Morgan fingerprint density at radius 2 is 2.00 bits per heavy atom. The van der Waals surface area contributed by atoms with E-state index in [1.54, 1.807) is 0 Å². The van der Waals surface area contributed by atoms with Gasteiger partial charge < -0.3 is 5.32 Å². The molecule has 1 heterocycles. The van der Waals surface area contributed by atoms with Crippen LogP contribution >= 0.6 is 23.2 Å². The monoisotopic (exact) mass is 243 g/mol. The van der Waals surface area contributed by atoms with Gasteiger partial charge in [-0.25, -0.2) is 0 Å². The number of halogens is 2. The van der Waals surface area contributed by atoms with E-state index in [9.17, 15) is 0 Å². The zero-order valence-corrected chi connectivity index (χ0v) is 10.3. The fourth-order valence-electron chi connectivity index (χ4n) is 2.06. The van der Waals surface area contributed by atoms with E-state index in [4.69, 9.17) is 23.2 Å². The van der Waals surface area contributed by atoms with Gasteiger partial charge in [0, 0.05) is 13.1 Å². The van der Waals surface area contributed by atoms with Gasteiger partial charge in [-0.3, -0.25) is 0 Å². The van der Waals surface area contributed by atoms with Crippen LogP contribution in [0.1, 0.15) is 18.9 Å². The molecule has 1 saturated heterocycles. The summed E-state index contributed by atoms with van der Waals surface area (Å²) >= 11 is 11.9. The molecule has 0 unspecified atom stereocenters. The molecule has 0 saturated carbocycles. The van der Waals surface area contributed by atoms with Crippen LogP contribution in [0, 0.1) is 5.41 Å². The van der Waals surface area contributed by atoms with Crippen LogP contribution < -0.4 is 5.32 Å². The number of benzene rings is 1. The Hall–Kier alpha value is -0.240. The van der Waals surface area contributed by atoms with Gasteiger partial charge in [-0.1, -0.05) is 36.2 Å². The SMILES string of the molecule is CCC1(Cc2ccc(Cl)c(Cl)c2)CNC1. The third-order valence-electron chi connectivity index (χ3n) is 3.31. The third kappa shape index (κ3) is 2.30. The first kappa shape index (κ1) is 11.3. The molecule has 0 aromatic heterocycles. The maximum Gasteiger partial charge on any atom is 0.0595 e. The second-order valence-corrected chi connectivity index (χ2v) is 5.20. The van der Waals surface area contributed by atoms with Crippen molar-refractivity contribution in [2.24, 2.45) is 5.41 Å². The minimum absolute atomic E-state index is 0.442. The molecule has 1 N–H and O–H groups in total. The van der Waals surface area contributed by atoms with Gasteiger partial charge in [-0.15, -0.1) is 0 Å². The maximum absolute atomic E-state index is 6.00. The Morgan fingerprint density at radius 1 is 1.27 bits per heavy atom. The second-order valence-electron chi connectivity index (χ2n) is 4.38. The van der Waals surface area contributed by atoms with Crippen LogP contribution in [0.25, 0.3) is 0 Å². The van der Waals surface area contributed by atoms with Gasteiger partial charge in [-0.05, 0) is 36.0 Å². The highest BCUT2D eigenvalue weighted by molar-refractivity contribution is 6.42. The summed E-state index contributed by atoms with van der Waals surface area (Å²) in [7, 11) is 0. The molecule has 82 valence electrons. The van der Waals surface area contributed by atoms with Gasteiger partial charge in [0.05, 0.1) is 10.0 Å². The van der Waals surface area contributed by atoms with Crippen LogP contribution in [0.3, 0.4) is 0 Å². The normalized spacial score (nSPS) is 18.6. The van der Waals surface area contributed by atoms with Crippen LogP contribution in [0.4, 0.5) is 0 Å². The summed E-state index contributed by atoms with van der Waals surface area (Å²) < 4.78 is 0. The molecule has 1 nitrogen and oxygen atoms in total. The summed E-state index contributed by atoms with van der Waals surface area (Å²) in [6.07, 6.45) is 2.30. The Balaban J connectivity index is 2.13. The molecule has 0 atom stereocenters. The molecule has 1 aromatic rings. The first-order chi connectivity index (χ1) is 7.15. The topological polar surface area (TPSA) is 12.0 Å². The lowest BCUT2D eigenvalue weighted by Crippen LogP contribution is -2.54. The first-order valence-corrected chi connectivity index (χ1v) is 6.05. The van der Waals surface area contributed by atoms with Crippen molar-refractivity contribution >= 4 is 23.2 Å². The number of nitrogens with one attached hydrogen (secondary N) is 1. The summed E-state index contributed by atoms with van der Waals surface area (Å²) in [6.45, 7) is 4.48. The van der Waals surface area contributed by atoms with Gasteiger partial charge in [0.2, 0.25) is 0 Å². The Bertz CT molecular complexity index is 353. The standard InChI is InChI=1S/C12H15Cl2N/c1-2-12(7-15-8-12)6-9-3-4-10(13)11(14)5-9/h3-5,15H,2,6-8H2,1H3. The van der Waals surface area contributed by atoms with Gasteiger partial charge >= 0.3 is 0 Å². The predicted molar refractivity (Wildman–Crippen MR) is 65.8 cm³/mol. The summed E-state index contributed by atoms with van der Waals surface area (Å²) in [6, 6.07) is 5.94. The van der Waals surface area contributed by atoms with E-state index in [1.807, 2.05) is 12.1 Å². The highest BCUT2D eigenvalue weighted by Crippen LogP contribution is 2.33. The van der Waals surface area contributed by atoms with E-state index >= 15 is 0 Å². The van der Waals surface area contributed by atoms with Crippen LogP contribution in [0.2, 0.25) is 10.0 Å². The lowest BCUT2D eigenvalue weighted by Gasteiger charge is -2.42. The van der Waals surface area contributed by atoms with E-state index in [2.05, 4.69) is 18.3 Å². The summed E-state index contributed by atoms with van der Waals surface area (Å²) in [5.41, 5.74) is 1.73. The number of rotatable bonds is 3. The molecule has 1 aromatic carbocycles. The van der Waals surface area contributed by atoms with E-state index in [0.717, 1.165) is 19.5 Å². The average Bonchev–Trinajstić information content (AvgIpc) is 2.17. The van der Waals surface area contributed by atoms with Crippen LogP contribution in [-0.4, -0.2) is 13.1 Å². The van der Waals surface area contributed by atoms with Crippen molar-refractivity contribution in [3.8, 4) is 0 Å². The summed E-state index contributed by atoms with van der Waals surface area (Å²) in [5.74, 6) is 0. The zero-order chi connectivity index (χ0) is 10.9. The highest BCUT2D eigenvalue weighted by Gasteiger charge is 2.34. The second kappa shape index (κ2) is 4.32. The fourth-order valence-corrected chi connectivity index (χ4v) is 2.38. The van der Waals surface area contributed by atoms with Crippen LogP contribution in [-0.2, 0) is 6.42 Å². The zero-order valence-electron chi connectivity index (χ0n) is 8.82. The van der Waals surface area contributed by atoms with Crippen LogP contribution in [0.5, 0.6) is 0 Å². The molecule has 3 heteroatoms. The fraction of sp³-hybridized carbons (Fsp3) is 0.500. The smallest absolute Gasteiger partial charge is 0.0595 e. The van der Waals surface area contributed by atoms with Crippen molar-refractivity contribution in [2.45, 2.75) is 19.8 Å². The molecule has 0 aliphatic carbocycles. The van der Waals surface area contributed by atoms with Gasteiger partial charge in [0.15, 0.2) is 0 Å². The molecular weight excluding hydrogens is 229 g/mol. The average molecular weight is 244 g/mol. The summed E-state index contributed by atoms with van der Waals surface area (Å²) in [5, 5.41) is 4.64. The number of hydrogen-bond acceptors (Lipinski definition) is 1. The molecule has 2 rings (SSSR count). The lowest BCUT2D eigenvalue weighted by molar-refractivity contribution is 0.160. The molecule has 15 heavy (non-hydrogen) atoms. The lowest BCUT2D eigenvalue weighted by atomic mass is 9.74. The van der Waals surface area contributed by atoms with Crippen LogP contribution in [0.15, 0.2) is 18.2 Å². The molecule has 0 bridgehead atoms. The van der Waals surface area contributed by atoms with E-state index in [0.29, 0.717) is 15.5 Å². The van der Waals surface area contributed by atoms with Crippen molar-refractivity contribution in [1.29, 1.82) is 0 Å². The van der Waals surface area contributed by atoms with Crippen molar-refractivity contribution in [3.63, 3.8) is 0 Å². The molecule has 0 radical (unpaired) electrons. The molecular formula is C12H15Cl2N. The highest BCUT2D eigenvalue weighted by atomic mass is 35.5. The Kier molecular flexibility index (Phi) is 3.24. The van der Waals surface area contributed by atoms with Gasteiger partial charge in [0.25, 0.3) is 0 Å². The van der Waals surface area contributed by atoms with Gasteiger partial charge in [0.1, 0.15) is 0 Å². The predicted octanol–water partition coefficient (Wildman–Crippen LogP) is 3.54. The largest absolute Gasteiger partial charge is 0.316 e. The molecule has 1 aliphatic heterocycles. The minimum atomic E-state index is 0.442. The van der Waals surface area contributed by atoms with Crippen molar-refractivity contribution in [1.82, 2.24) is 5.32 Å². The molecule has 0 amide bonds. The van der Waals surface area contributed by atoms with Crippen molar-refractivity contribution in [3.05, 3.63) is 33.8 Å². The van der Waals surface area contributed by atoms with E-state index < -0.39 is 0 Å². The number of hydrogen-bond donors (Lipinski definition) is 1. The molecule has 0 spiro atoms. The molecule has 1 fully saturated rings. The Morgan fingerprint density at radius 3 is 2.47 bits per heavy atom. The van der Waals surface area contributed by atoms with Crippen molar-refractivity contribution < 1.29 is 0 Å².